The average Bonchev–Trinajstić information content (AvgIpc) is 2.76. The van der Waals surface area contributed by atoms with Crippen LogP contribution in [-0.4, -0.2) is 59.9 Å². The fraction of sp³-hybridized carbons (Fsp3) is 0.391. The van der Waals surface area contributed by atoms with E-state index in [9.17, 15) is 9.59 Å². The molecule has 7 heteroatoms. The van der Waals surface area contributed by atoms with E-state index in [1.54, 1.807) is 11.9 Å². The summed E-state index contributed by atoms with van der Waals surface area (Å²) in [6, 6.07) is 17.6. The highest BCUT2D eigenvalue weighted by Crippen LogP contribution is 2.19. The average molecular weight is 427 g/mol. The SMILES string of the molecule is CN(Cc1ccccc1)C(=O)NCCC(=O)Nc1ccccc1CN1CCSCC1. The third-order valence-corrected chi connectivity index (χ3v) is 5.97. The predicted molar refractivity (Wildman–Crippen MR) is 124 cm³/mol. The van der Waals surface area contributed by atoms with Crippen LogP contribution >= 0.6 is 11.8 Å². The highest BCUT2D eigenvalue weighted by atomic mass is 32.2. The van der Waals surface area contributed by atoms with E-state index >= 15 is 0 Å². The zero-order valence-corrected chi connectivity index (χ0v) is 18.3. The molecule has 1 aliphatic rings. The Morgan fingerprint density at radius 3 is 2.50 bits per heavy atom. The number of benzene rings is 2. The van der Waals surface area contributed by atoms with Crippen molar-refractivity contribution >= 4 is 29.4 Å². The molecule has 0 spiro atoms. The molecule has 1 aliphatic heterocycles. The molecule has 3 rings (SSSR count). The van der Waals surface area contributed by atoms with E-state index in [1.165, 1.54) is 0 Å². The summed E-state index contributed by atoms with van der Waals surface area (Å²) in [7, 11) is 1.75. The van der Waals surface area contributed by atoms with Gasteiger partial charge in [0.05, 0.1) is 0 Å². The molecule has 0 aromatic heterocycles. The van der Waals surface area contributed by atoms with Crippen LogP contribution in [0.1, 0.15) is 17.5 Å². The van der Waals surface area contributed by atoms with Crippen molar-refractivity contribution in [2.45, 2.75) is 19.5 Å². The number of carbonyl (C=O) groups excluding carboxylic acids is 2. The predicted octanol–water partition coefficient (Wildman–Crippen LogP) is 3.41. The Hall–Kier alpha value is -2.51. The van der Waals surface area contributed by atoms with Gasteiger partial charge in [0.2, 0.25) is 5.91 Å². The van der Waals surface area contributed by atoms with E-state index in [2.05, 4.69) is 21.6 Å². The summed E-state index contributed by atoms with van der Waals surface area (Å²) >= 11 is 1.99. The van der Waals surface area contributed by atoms with Gasteiger partial charge >= 0.3 is 6.03 Å². The molecule has 0 bridgehead atoms. The third-order valence-electron chi connectivity index (χ3n) is 5.03. The van der Waals surface area contributed by atoms with E-state index in [1.807, 2.05) is 60.3 Å². The molecule has 6 nitrogen and oxygen atoms in total. The minimum atomic E-state index is -0.185. The van der Waals surface area contributed by atoms with Gasteiger partial charge in [0.1, 0.15) is 0 Å². The molecule has 0 radical (unpaired) electrons. The molecule has 30 heavy (non-hydrogen) atoms. The van der Waals surface area contributed by atoms with Crippen molar-refractivity contribution < 1.29 is 9.59 Å². The number of hydrogen-bond acceptors (Lipinski definition) is 4. The lowest BCUT2D eigenvalue weighted by atomic mass is 10.1. The van der Waals surface area contributed by atoms with Crippen LogP contribution in [0.5, 0.6) is 0 Å². The highest BCUT2D eigenvalue weighted by molar-refractivity contribution is 7.99. The topological polar surface area (TPSA) is 64.7 Å². The largest absolute Gasteiger partial charge is 0.337 e. The van der Waals surface area contributed by atoms with Gasteiger partial charge in [-0.1, -0.05) is 48.5 Å². The lowest BCUT2D eigenvalue weighted by Gasteiger charge is -2.27. The molecule has 0 unspecified atom stereocenters. The first-order valence-corrected chi connectivity index (χ1v) is 11.5. The normalized spacial score (nSPS) is 14.2. The monoisotopic (exact) mass is 426 g/mol. The Bertz CT molecular complexity index is 825. The number of amides is 3. The van der Waals surface area contributed by atoms with Crippen molar-refractivity contribution in [2.75, 3.05) is 43.5 Å². The van der Waals surface area contributed by atoms with Crippen molar-refractivity contribution in [3.8, 4) is 0 Å². The second-order valence-corrected chi connectivity index (χ2v) is 8.64. The first kappa shape index (κ1) is 22.2. The molecule has 0 saturated carbocycles. The molecular weight excluding hydrogens is 396 g/mol. The summed E-state index contributed by atoms with van der Waals surface area (Å²) < 4.78 is 0. The maximum atomic E-state index is 12.4. The Labute approximate surface area is 183 Å². The lowest BCUT2D eigenvalue weighted by molar-refractivity contribution is -0.116. The molecule has 2 aromatic rings. The molecule has 2 N–H and O–H groups in total. The minimum Gasteiger partial charge on any atom is -0.337 e. The standard InChI is InChI=1S/C23H30N4O2S/c1-26(17-19-7-3-2-4-8-19)23(29)24-12-11-22(28)25-21-10-6-5-9-20(21)18-27-13-15-30-16-14-27/h2-10H,11-18H2,1H3,(H,24,29)(H,25,28). The zero-order valence-electron chi connectivity index (χ0n) is 17.5. The third kappa shape index (κ3) is 7.07. The van der Waals surface area contributed by atoms with Crippen molar-refractivity contribution in [1.29, 1.82) is 0 Å². The van der Waals surface area contributed by atoms with E-state index in [0.717, 1.165) is 48.0 Å². The molecule has 1 heterocycles. The minimum absolute atomic E-state index is 0.0948. The highest BCUT2D eigenvalue weighted by Gasteiger charge is 2.14. The number of nitrogens with one attached hydrogen (secondary N) is 2. The van der Waals surface area contributed by atoms with E-state index < -0.39 is 0 Å². The number of urea groups is 1. The smallest absolute Gasteiger partial charge is 0.317 e. The van der Waals surface area contributed by atoms with Crippen LogP contribution in [0.2, 0.25) is 0 Å². The first-order chi connectivity index (χ1) is 14.6. The van der Waals surface area contributed by atoms with Gasteiger partial charge in [-0.15, -0.1) is 0 Å². The van der Waals surface area contributed by atoms with E-state index in [-0.39, 0.29) is 18.4 Å². The Balaban J connectivity index is 1.43. The van der Waals surface area contributed by atoms with E-state index in [0.29, 0.717) is 13.1 Å². The number of carbonyl (C=O) groups is 2. The second-order valence-electron chi connectivity index (χ2n) is 7.42. The van der Waals surface area contributed by atoms with Crippen LogP contribution < -0.4 is 10.6 Å². The molecule has 160 valence electrons. The van der Waals surface area contributed by atoms with Crippen molar-refractivity contribution in [3.05, 3.63) is 65.7 Å². The zero-order chi connectivity index (χ0) is 21.2. The molecule has 3 amide bonds. The summed E-state index contributed by atoms with van der Waals surface area (Å²) in [5, 5.41) is 5.82. The Morgan fingerprint density at radius 1 is 1.03 bits per heavy atom. The maximum absolute atomic E-state index is 12.4. The Kier molecular flexibility index (Phi) is 8.59. The van der Waals surface area contributed by atoms with Crippen LogP contribution in [0.4, 0.5) is 10.5 Å². The van der Waals surface area contributed by atoms with Gasteiger partial charge in [0, 0.05) is 63.4 Å². The summed E-state index contributed by atoms with van der Waals surface area (Å²) in [4.78, 5) is 28.7. The second kappa shape index (κ2) is 11.6. The number of rotatable bonds is 8. The quantitative estimate of drug-likeness (QED) is 0.679. The van der Waals surface area contributed by atoms with Gasteiger partial charge in [-0.25, -0.2) is 4.79 Å². The Morgan fingerprint density at radius 2 is 1.73 bits per heavy atom. The van der Waals surface area contributed by atoms with Gasteiger partial charge in [-0.3, -0.25) is 9.69 Å². The van der Waals surface area contributed by atoms with Crippen LogP contribution in [0.25, 0.3) is 0 Å². The number of para-hydroxylation sites is 1. The summed E-state index contributed by atoms with van der Waals surface area (Å²) in [6.45, 7) is 3.83. The summed E-state index contributed by atoms with van der Waals surface area (Å²) in [5.41, 5.74) is 3.05. The van der Waals surface area contributed by atoms with Gasteiger partial charge in [0.15, 0.2) is 0 Å². The fourth-order valence-electron chi connectivity index (χ4n) is 3.34. The van der Waals surface area contributed by atoms with Gasteiger partial charge in [-0.05, 0) is 17.2 Å². The molecular formula is C23H30N4O2S. The number of hydrogen-bond donors (Lipinski definition) is 2. The number of nitrogens with zero attached hydrogens (tertiary/aromatic N) is 2. The van der Waals surface area contributed by atoms with Gasteiger partial charge in [-0.2, -0.15) is 11.8 Å². The van der Waals surface area contributed by atoms with Crippen LogP contribution in [0.15, 0.2) is 54.6 Å². The number of anilines is 1. The van der Waals surface area contributed by atoms with Gasteiger partial charge in [0.25, 0.3) is 0 Å². The van der Waals surface area contributed by atoms with Crippen LogP contribution in [0, 0.1) is 0 Å². The van der Waals surface area contributed by atoms with Crippen LogP contribution in [-0.2, 0) is 17.9 Å². The van der Waals surface area contributed by atoms with Crippen molar-refractivity contribution in [1.82, 2.24) is 15.1 Å². The van der Waals surface area contributed by atoms with Crippen molar-refractivity contribution in [2.24, 2.45) is 0 Å². The molecule has 1 fully saturated rings. The molecule has 0 aliphatic carbocycles. The molecule has 1 saturated heterocycles. The van der Waals surface area contributed by atoms with Crippen LogP contribution in [0.3, 0.4) is 0 Å². The lowest BCUT2D eigenvalue weighted by Crippen LogP contribution is -2.38. The summed E-state index contributed by atoms with van der Waals surface area (Å²) in [6.07, 6.45) is 0.236. The van der Waals surface area contributed by atoms with Crippen molar-refractivity contribution in [3.63, 3.8) is 0 Å². The maximum Gasteiger partial charge on any atom is 0.317 e. The first-order valence-electron chi connectivity index (χ1n) is 10.3. The van der Waals surface area contributed by atoms with Gasteiger partial charge < -0.3 is 15.5 Å². The van der Waals surface area contributed by atoms with E-state index in [4.69, 9.17) is 0 Å². The fourth-order valence-corrected chi connectivity index (χ4v) is 4.32. The molecule has 0 atom stereocenters. The summed E-state index contributed by atoms with van der Waals surface area (Å²) in [5.74, 6) is 2.22. The number of thioether (sulfide) groups is 1. The molecule has 2 aromatic carbocycles.